The average Bonchev–Trinajstić information content (AvgIpc) is 2.88. The molecular formula is C20H15NO3. The zero-order valence-electron chi connectivity index (χ0n) is 12.7. The molecule has 1 unspecified atom stereocenters. The van der Waals surface area contributed by atoms with Gasteiger partial charge >= 0.3 is 0 Å². The molecule has 0 spiro atoms. The molecule has 118 valence electrons. The van der Waals surface area contributed by atoms with Crippen molar-refractivity contribution in [2.24, 2.45) is 0 Å². The third-order valence-electron chi connectivity index (χ3n) is 4.28. The van der Waals surface area contributed by atoms with Crippen molar-refractivity contribution in [1.82, 2.24) is 0 Å². The van der Waals surface area contributed by atoms with Crippen LogP contribution in [0.1, 0.15) is 27.6 Å². The molecule has 0 heterocycles. The van der Waals surface area contributed by atoms with E-state index < -0.39 is 6.10 Å². The summed E-state index contributed by atoms with van der Waals surface area (Å²) >= 11 is 0. The number of hydrogen-bond donors (Lipinski definition) is 3. The molecule has 4 heteroatoms. The minimum atomic E-state index is -0.679. The molecule has 3 aromatic rings. The Hall–Kier alpha value is -3.11. The number of fused-ring (bicyclic) bond motifs is 3. The van der Waals surface area contributed by atoms with Crippen LogP contribution >= 0.6 is 0 Å². The van der Waals surface area contributed by atoms with Crippen LogP contribution in [0, 0.1) is 0 Å². The fourth-order valence-corrected chi connectivity index (χ4v) is 3.08. The molecule has 1 aliphatic carbocycles. The molecule has 1 atom stereocenters. The van der Waals surface area contributed by atoms with Gasteiger partial charge in [-0.15, -0.1) is 0 Å². The molecule has 0 saturated heterocycles. The fraction of sp³-hybridized carbons (Fsp3) is 0.0500. The first-order valence-corrected chi connectivity index (χ1v) is 7.65. The first-order chi connectivity index (χ1) is 11.6. The van der Waals surface area contributed by atoms with E-state index in [-0.39, 0.29) is 11.7 Å². The number of carbonyl (C=O) groups excluding carboxylic acids is 1. The number of aliphatic hydroxyl groups is 1. The van der Waals surface area contributed by atoms with Crippen LogP contribution in [-0.4, -0.2) is 16.1 Å². The summed E-state index contributed by atoms with van der Waals surface area (Å²) in [7, 11) is 0. The lowest BCUT2D eigenvalue weighted by Gasteiger charge is -2.10. The lowest BCUT2D eigenvalue weighted by atomic mass is 10.1. The number of anilines is 1. The van der Waals surface area contributed by atoms with Crippen LogP contribution in [0.15, 0.2) is 66.7 Å². The normalized spacial score (nSPS) is 14.8. The van der Waals surface area contributed by atoms with Gasteiger partial charge in [0, 0.05) is 11.3 Å². The highest BCUT2D eigenvalue weighted by Gasteiger charge is 2.26. The zero-order chi connectivity index (χ0) is 16.7. The summed E-state index contributed by atoms with van der Waals surface area (Å²) in [6.07, 6.45) is -0.679. The summed E-state index contributed by atoms with van der Waals surface area (Å²) in [5.41, 5.74) is 4.77. The molecule has 3 N–H and O–H groups in total. The molecule has 0 fully saturated rings. The molecule has 0 aliphatic heterocycles. The number of carbonyl (C=O) groups is 1. The highest BCUT2D eigenvalue weighted by molar-refractivity contribution is 6.04. The SMILES string of the molecule is O=C(Nc1ccc2c(c1)C(O)c1ccccc1-2)c1ccc(O)cc1. The molecule has 4 nitrogen and oxygen atoms in total. The predicted octanol–water partition coefficient (Wildman–Crippen LogP) is 3.71. The molecule has 4 rings (SSSR count). The number of aromatic hydroxyl groups is 1. The average molecular weight is 317 g/mol. The van der Waals surface area contributed by atoms with E-state index in [2.05, 4.69) is 5.32 Å². The number of amides is 1. The molecule has 24 heavy (non-hydrogen) atoms. The van der Waals surface area contributed by atoms with Crippen LogP contribution in [-0.2, 0) is 0 Å². The Balaban J connectivity index is 1.63. The third kappa shape index (κ3) is 2.33. The van der Waals surface area contributed by atoms with Crippen LogP contribution < -0.4 is 5.32 Å². The molecule has 0 radical (unpaired) electrons. The number of aliphatic hydroxyl groups excluding tert-OH is 1. The lowest BCUT2D eigenvalue weighted by Crippen LogP contribution is -2.12. The van der Waals surface area contributed by atoms with Gasteiger partial charge in [0.05, 0.1) is 0 Å². The van der Waals surface area contributed by atoms with E-state index in [9.17, 15) is 15.0 Å². The van der Waals surface area contributed by atoms with Crippen LogP contribution in [0.3, 0.4) is 0 Å². The van der Waals surface area contributed by atoms with Crippen LogP contribution in [0.2, 0.25) is 0 Å². The van der Waals surface area contributed by atoms with Gasteiger partial charge in [-0.2, -0.15) is 0 Å². The number of phenolic OH excluding ortho intramolecular Hbond substituents is 1. The number of phenols is 1. The van der Waals surface area contributed by atoms with Crippen molar-refractivity contribution in [3.8, 4) is 16.9 Å². The van der Waals surface area contributed by atoms with E-state index in [4.69, 9.17) is 0 Å². The first-order valence-electron chi connectivity index (χ1n) is 7.65. The number of rotatable bonds is 2. The van der Waals surface area contributed by atoms with Gasteiger partial charge in [0.2, 0.25) is 0 Å². The quantitative estimate of drug-likeness (QED) is 0.675. The van der Waals surface area contributed by atoms with Gasteiger partial charge in [0.15, 0.2) is 0 Å². The fourth-order valence-electron chi connectivity index (χ4n) is 3.08. The van der Waals surface area contributed by atoms with Gasteiger partial charge in [-0.05, 0) is 58.7 Å². The molecule has 0 bridgehead atoms. The van der Waals surface area contributed by atoms with Crippen molar-refractivity contribution in [3.63, 3.8) is 0 Å². The largest absolute Gasteiger partial charge is 0.508 e. The van der Waals surface area contributed by atoms with Gasteiger partial charge in [-0.1, -0.05) is 30.3 Å². The Labute approximate surface area is 139 Å². The van der Waals surface area contributed by atoms with E-state index in [0.29, 0.717) is 11.3 Å². The number of nitrogens with one attached hydrogen (secondary N) is 1. The summed E-state index contributed by atoms with van der Waals surface area (Å²) in [5, 5.41) is 22.6. The van der Waals surface area contributed by atoms with Crippen molar-refractivity contribution in [2.75, 3.05) is 5.32 Å². The summed E-state index contributed by atoms with van der Waals surface area (Å²) in [5.74, 6) is -0.148. The Morgan fingerprint density at radius 2 is 1.58 bits per heavy atom. The zero-order valence-corrected chi connectivity index (χ0v) is 12.7. The monoisotopic (exact) mass is 317 g/mol. The van der Waals surface area contributed by atoms with E-state index in [1.165, 1.54) is 12.1 Å². The van der Waals surface area contributed by atoms with Gasteiger partial charge in [-0.25, -0.2) is 0 Å². The Bertz CT molecular complexity index is 932. The van der Waals surface area contributed by atoms with E-state index >= 15 is 0 Å². The molecular weight excluding hydrogens is 302 g/mol. The summed E-state index contributed by atoms with van der Waals surface area (Å²) in [6.45, 7) is 0. The van der Waals surface area contributed by atoms with E-state index in [0.717, 1.165) is 22.3 Å². The maximum atomic E-state index is 12.3. The second kappa shape index (κ2) is 5.51. The Kier molecular flexibility index (Phi) is 3.32. The Morgan fingerprint density at radius 3 is 2.38 bits per heavy atom. The third-order valence-corrected chi connectivity index (χ3v) is 4.28. The molecule has 1 amide bonds. The second-order valence-corrected chi connectivity index (χ2v) is 5.79. The van der Waals surface area contributed by atoms with Crippen molar-refractivity contribution < 1.29 is 15.0 Å². The number of benzene rings is 3. The van der Waals surface area contributed by atoms with Gasteiger partial charge in [0.25, 0.3) is 5.91 Å². The van der Waals surface area contributed by atoms with Crippen molar-refractivity contribution >= 4 is 11.6 Å². The molecule has 0 saturated carbocycles. The second-order valence-electron chi connectivity index (χ2n) is 5.79. The summed E-state index contributed by atoms with van der Waals surface area (Å²) < 4.78 is 0. The van der Waals surface area contributed by atoms with Gasteiger partial charge < -0.3 is 15.5 Å². The summed E-state index contributed by atoms with van der Waals surface area (Å²) in [4.78, 5) is 12.3. The van der Waals surface area contributed by atoms with E-state index in [1.807, 2.05) is 36.4 Å². The van der Waals surface area contributed by atoms with Crippen molar-refractivity contribution in [1.29, 1.82) is 0 Å². The molecule has 3 aromatic carbocycles. The van der Waals surface area contributed by atoms with Crippen LogP contribution in [0.4, 0.5) is 5.69 Å². The van der Waals surface area contributed by atoms with Crippen molar-refractivity contribution in [3.05, 3.63) is 83.4 Å². The van der Waals surface area contributed by atoms with Crippen LogP contribution in [0.5, 0.6) is 5.75 Å². The van der Waals surface area contributed by atoms with Gasteiger partial charge in [0.1, 0.15) is 11.9 Å². The summed E-state index contributed by atoms with van der Waals surface area (Å²) in [6, 6.07) is 19.3. The lowest BCUT2D eigenvalue weighted by molar-refractivity contribution is 0.102. The minimum Gasteiger partial charge on any atom is -0.508 e. The van der Waals surface area contributed by atoms with Crippen molar-refractivity contribution in [2.45, 2.75) is 6.10 Å². The number of hydrogen-bond acceptors (Lipinski definition) is 3. The maximum Gasteiger partial charge on any atom is 0.255 e. The maximum absolute atomic E-state index is 12.3. The minimum absolute atomic E-state index is 0.116. The predicted molar refractivity (Wildman–Crippen MR) is 92.0 cm³/mol. The molecule has 0 aromatic heterocycles. The topological polar surface area (TPSA) is 69.6 Å². The molecule has 1 aliphatic rings. The van der Waals surface area contributed by atoms with Gasteiger partial charge in [-0.3, -0.25) is 4.79 Å². The standard InChI is InChI=1S/C20H15NO3/c22-14-8-5-12(6-9-14)20(24)21-13-7-10-16-15-3-1-2-4-17(15)19(23)18(16)11-13/h1-11,19,22-23H,(H,21,24). The smallest absolute Gasteiger partial charge is 0.255 e. The van der Waals surface area contributed by atoms with E-state index in [1.54, 1.807) is 18.2 Å². The highest BCUT2D eigenvalue weighted by atomic mass is 16.3. The first kappa shape index (κ1) is 14.5. The Morgan fingerprint density at radius 1 is 0.875 bits per heavy atom. The highest BCUT2D eigenvalue weighted by Crippen LogP contribution is 2.44. The van der Waals surface area contributed by atoms with Crippen LogP contribution in [0.25, 0.3) is 11.1 Å².